The summed E-state index contributed by atoms with van der Waals surface area (Å²) in [5, 5.41) is 11.4. The van der Waals surface area contributed by atoms with Crippen molar-refractivity contribution in [2.24, 2.45) is 0 Å². The van der Waals surface area contributed by atoms with E-state index in [9.17, 15) is 9.90 Å². The lowest BCUT2D eigenvalue weighted by Crippen LogP contribution is -2.43. The van der Waals surface area contributed by atoms with Crippen molar-refractivity contribution in [1.82, 2.24) is 9.80 Å². The van der Waals surface area contributed by atoms with E-state index in [1.807, 2.05) is 12.1 Å². The summed E-state index contributed by atoms with van der Waals surface area (Å²) in [6, 6.07) is 3.79. The van der Waals surface area contributed by atoms with Gasteiger partial charge >= 0.3 is 5.63 Å². The monoisotopic (exact) mass is 400 g/mol. The van der Waals surface area contributed by atoms with Gasteiger partial charge in [-0.25, -0.2) is 4.79 Å². The van der Waals surface area contributed by atoms with Crippen LogP contribution in [0.5, 0.6) is 5.75 Å². The van der Waals surface area contributed by atoms with Crippen molar-refractivity contribution in [3.63, 3.8) is 0 Å². The fourth-order valence-corrected chi connectivity index (χ4v) is 4.51. The third kappa shape index (κ3) is 4.65. The zero-order chi connectivity index (χ0) is 20.2. The van der Waals surface area contributed by atoms with E-state index in [0.717, 1.165) is 94.6 Å². The fraction of sp³-hybridized carbons (Fsp3) is 0.609. The van der Waals surface area contributed by atoms with Crippen molar-refractivity contribution in [2.75, 3.05) is 45.9 Å². The molecule has 0 aliphatic carbocycles. The number of hydrogen-bond acceptors (Lipinski definition) is 6. The lowest BCUT2D eigenvalue weighted by molar-refractivity contribution is 0.0326. The average molecular weight is 401 g/mol. The van der Waals surface area contributed by atoms with E-state index >= 15 is 0 Å². The Bertz CT molecular complexity index is 902. The summed E-state index contributed by atoms with van der Waals surface area (Å²) in [5.41, 5.74) is 2.99. The van der Waals surface area contributed by atoms with Crippen molar-refractivity contribution in [2.45, 2.75) is 45.6 Å². The number of nitrogens with zero attached hydrogens (tertiary/aromatic N) is 2. The summed E-state index contributed by atoms with van der Waals surface area (Å²) < 4.78 is 11.1. The van der Waals surface area contributed by atoms with Gasteiger partial charge in [0.05, 0.1) is 24.2 Å². The number of rotatable bonds is 7. The smallest absolute Gasteiger partial charge is 0.341 e. The Morgan fingerprint density at radius 1 is 1.03 bits per heavy atom. The molecule has 0 radical (unpaired) electrons. The first-order valence-electron chi connectivity index (χ1n) is 11.0. The predicted molar refractivity (Wildman–Crippen MR) is 114 cm³/mol. The minimum Gasteiger partial charge on any atom is -0.507 e. The molecular weight excluding hydrogens is 368 g/mol. The second kappa shape index (κ2) is 9.28. The van der Waals surface area contributed by atoms with Gasteiger partial charge in [0.15, 0.2) is 0 Å². The largest absolute Gasteiger partial charge is 0.507 e. The highest BCUT2D eigenvalue weighted by Crippen LogP contribution is 2.33. The third-order valence-electron chi connectivity index (χ3n) is 6.22. The Morgan fingerprint density at radius 3 is 2.62 bits per heavy atom. The molecule has 2 aliphatic heterocycles. The van der Waals surface area contributed by atoms with Crippen LogP contribution >= 0.6 is 0 Å². The topological polar surface area (TPSA) is 66.2 Å². The molecule has 0 amide bonds. The van der Waals surface area contributed by atoms with E-state index in [1.54, 1.807) is 0 Å². The van der Waals surface area contributed by atoms with Gasteiger partial charge in [0.1, 0.15) is 11.3 Å². The molecule has 6 nitrogen and oxygen atoms in total. The molecule has 0 atom stereocenters. The van der Waals surface area contributed by atoms with Crippen LogP contribution < -0.4 is 5.63 Å². The van der Waals surface area contributed by atoms with Crippen LogP contribution in [-0.2, 0) is 24.1 Å². The fourth-order valence-electron chi connectivity index (χ4n) is 4.51. The van der Waals surface area contributed by atoms with Gasteiger partial charge in [-0.2, -0.15) is 0 Å². The number of aryl methyl sites for hydroxylation is 1. The number of unbranched alkanes of at least 4 members (excludes halogenated alkanes) is 2. The first kappa shape index (κ1) is 20.4. The molecule has 0 bridgehead atoms. The number of phenols is 1. The average Bonchev–Trinajstić information content (AvgIpc) is 2.73. The van der Waals surface area contributed by atoms with Gasteiger partial charge in [0, 0.05) is 39.3 Å². The summed E-state index contributed by atoms with van der Waals surface area (Å²) in [5.74, 6) is 0.246. The highest BCUT2D eigenvalue weighted by Gasteiger charge is 2.25. The number of aromatic hydroxyl groups is 1. The zero-order valence-corrected chi connectivity index (χ0v) is 17.4. The molecule has 1 N–H and O–H groups in total. The summed E-state index contributed by atoms with van der Waals surface area (Å²) in [7, 11) is 0. The molecule has 1 fully saturated rings. The van der Waals surface area contributed by atoms with Gasteiger partial charge < -0.3 is 14.3 Å². The number of fused-ring (bicyclic) bond motifs is 3. The van der Waals surface area contributed by atoms with Crippen molar-refractivity contribution in [3.8, 4) is 5.75 Å². The molecule has 2 aromatic rings. The van der Waals surface area contributed by atoms with Gasteiger partial charge in [-0.15, -0.1) is 0 Å². The second-order valence-corrected chi connectivity index (χ2v) is 8.27. The van der Waals surface area contributed by atoms with Gasteiger partial charge in [-0.3, -0.25) is 9.80 Å². The van der Waals surface area contributed by atoms with Crippen LogP contribution in [-0.4, -0.2) is 60.8 Å². The van der Waals surface area contributed by atoms with Gasteiger partial charge in [0.2, 0.25) is 0 Å². The molecule has 29 heavy (non-hydrogen) atoms. The number of ether oxygens (including phenoxy) is 1. The lowest BCUT2D eigenvalue weighted by atomic mass is 9.95. The lowest BCUT2D eigenvalue weighted by Gasteiger charge is -2.32. The van der Waals surface area contributed by atoms with Gasteiger partial charge in [0.25, 0.3) is 0 Å². The third-order valence-corrected chi connectivity index (χ3v) is 6.22. The van der Waals surface area contributed by atoms with E-state index < -0.39 is 0 Å². The van der Waals surface area contributed by atoms with Crippen molar-refractivity contribution >= 4 is 11.0 Å². The van der Waals surface area contributed by atoms with Crippen LogP contribution in [0.1, 0.15) is 42.9 Å². The Hall–Kier alpha value is -1.89. The molecule has 1 aromatic carbocycles. The van der Waals surface area contributed by atoms with Crippen LogP contribution in [0, 0.1) is 0 Å². The number of morpholine rings is 1. The standard InChI is InChI=1S/C23H32N2O4/c1-2-3-4-5-17-14-20(26)22-18-6-7-25(9-8-24-10-12-28-13-11-24)16-19(18)23(27)29-21(22)15-17/h14-15,26H,2-13,16H2,1H3. The van der Waals surface area contributed by atoms with Gasteiger partial charge in [-0.05, 0) is 42.5 Å². The summed E-state index contributed by atoms with van der Waals surface area (Å²) in [4.78, 5) is 17.4. The SMILES string of the molecule is CCCCCc1cc(O)c2c3c(c(=O)oc2c1)CN(CCN1CCOCC1)CC3. The Kier molecular flexibility index (Phi) is 6.53. The molecule has 1 saturated heterocycles. The van der Waals surface area contributed by atoms with E-state index in [1.165, 1.54) is 0 Å². The summed E-state index contributed by atoms with van der Waals surface area (Å²) in [6.45, 7) is 9.15. The minimum absolute atomic E-state index is 0.246. The minimum atomic E-state index is -0.256. The molecule has 0 saturated carbocycles. The molecule has 4 rings (SSSR count). The maximum Gasteiger partial charge on any atom is 0.341 e. The number of hydrogen-bond donors (Lipinski definition) is 1. The molecule has 2 aliphatic rings. The van der Waals surface area contributed by atoms with Crippen LogP contribution in [0.4, 0.5) is 0 Å². The zero-order valence-electron chi connectivity index (χ0n) is 17.4. The highest BCUT2D eigenvalue weighted by molar-refractivity contribution is 5.88. The van der Waals surface area contributed by atoms with E-state index in [2.05, 4.69) is 16.7 Å². The highest BCUT2D eigenvalue weighted by atomic mass is 16.5. The molecule has 0 spiro atoms. The van der Waals surface area contributed by atoms with Crippen LogP contribution in [0.3, 0.4) is 0 Å². The van der Waals surface area contributed by atoms with E-state index in [0.29, 0.717) is 17.7 Å². The van der Waals surface area contributed by atoms with Crippen molar-refractivity contribution in [3.05, 3.63) is 39.2 Å². The van der Waals surface area contributed by atoms with Crippen LogP contribution in [0.15, 0.2) is 21.3 Å². The summed E-state index contributed by atoms with van der Waals surface area (Å²) >= 11 is 0. The Balaban J connectivity index is 1.52. The Morgan fingerprint density at radius 2 is 1.83 bits per heavy atom. The van der Waals surface area contributed by atoms with Gasteiger partial charge in [-0.1, -0.05) is 19.8 Å². The van der Waals surface area contributed by atoms with Crippen LogP contribution in [0.2, 0.25) is 0 Å². The summed E-state index contributed by atoms with van der Waals surface area (Å²) in [6.07, 6.45) is 5.06. The molecule has 1 aromatic heterocycles. The van der Waals surface area contributed by atoms with E-state index in [-0.39, 0.29) is 11.4 Å². The Labute approximate surface area is 172 Å². The molecule has 3 heterocycles. The second-order valence-electron chi connectivity index (χ2n) is 8.27. The maximum atomic E-state index is 12.7. The van der Waals surface area contributed by atoms with Crippen molar-refractivity contribution in [1.29, 1.82) is 0 Å². The normalized spacial score (nSPS) is 18.2. The molecular formula is C23H32N2O4. The van der Waals surface area contributed by atoms with Crippen molar-refractivity contribution < 1.29 is 14.3 Å². The van der Waals surface area contributed by atoms with E-state index in [4.69, 9.17) is 9.15 Å². The number of phenolic OH excluding ortho intramolecular Hbond substituents is 1. The first-order chi connectivity index (χ1) is 14.2. The predicted octanol–water partition coefficient (Wildman–Crippen LogP) is 2.92. The molecule has 6 heteroatoms. The first-order valence-corrected chi connectivity index (χ1v) is 11.0. The van der Waals surface area contributed by atoms with Crippen LogP contribution in [0.25, 0.3) is 11.0 Å². The molecule has 158 valence electrons. The molecule has 0 unspecified atom stereocenters. The quantitative estimate of drug-likeness (QED) is 0.569. The number of benzene rings is 1. The maximum absolute atomic E-state index is 12.7.